The Labute approximate surface area is 103 Å². The molecule has 1 aromatic rings. The summed E-state index contributed by atoms with van der Waals surface area (Å²) in [7, 11) is 0. The molecule has 1 heterocycles. The summed E-state index contributed by atoms with van der Waals surface area (Å²) >= 11 is 0. The van der Waals surface area contributed by atoms with Crippen LogP contribution < -0.4 is 0 Å². The van der Waals surface area contributed by atoms with Gasteiger partial charge in [-0.2, -0.15) is 0 Å². The van der Waals surface area contributed by atoms with Crippen LogP contribution in [0.1, 0.15) is 19.4 Å². The molecular weight excluding hydrogens is 214 g/mol. The minimum Gasteiger partial charge on any atom is -0.353 e. The summed E-state index contributed by atoms with van der Waals surface area (Å²) in [6, 6.07) is 10.5. The molecule has 1 aliphatic heterocycles. The summed E-state index contributed by atoms with van der Waals surface area (Å²) in [6.45, 7) is 7.50. The lowest BCUT2D eigenvalue weighted by Gasteiger charge is -2.38. The number of hydrogen-bond acceptors (Lipinski definition) is 3. The molecule has 17 heavy (non-hydrogen) atoms. The van der Waals surface area contributed by atoms with Crippen LogP contribution in [0.2, 0.25) is 0 Å². The second kappa shape index (κ2) is 6.15. The molecule has 0 radical (unpaired) electrons. The molecule has 0 aromatic heterocycles. The highest BCUT2D eigenvalue weighted by Gasteiger charge is 2.27. The molecule has 1 aliphatic rings. The molecule has 0 atom stereocenters. The van der Waals surface area contributed by atoms with E-state index in [1.54, 1.807) is 0 Å². The van der Waals surface area contributed by atoms with Crippen LogP contribution >= 0.6 is 0 Å². The zero-order valence-electron chi connectivity index (χ0n) is 10.6. The van der Waals surface area contributed by atoms with Gasteiger partial charge in [-0.3, -0.25) is 4.90 Å². The van der Waals surface area contributed by atoms with E-state index in [0.717, 1.165) is 19.6 Å². The summed E-state index contributed by atoms with van der Waals surface area (Å²) in [5.41, 5.74) is 1.37. The Morgan fingerprint density at radius 3 is 2.59 bits per heavy atom. The van der Waals surface area contributed by atoms with Crippen LogP contribution in [-0.2, 0) is 16.0 Å². The number of hydrogen-bond donors (Lipinski definition) is 0. The van der Waals surface area contributed by atoms with Gasteiger partial charge in [0.2, 0.25) is 0 Å². The highest BCUT2D eigenvalue weighted by Crippen LogP contribution is 2.15. The maximum absolute atomic E-state index is 5.59. The van der Waals surface area contributed by atoms with Gasteiger partial charge < -0.3 is 9.47 Å². The number of likely N-dealkylation sites (tertiary alicyclic amines) is 1. The fourth-order valence-electron chi connectivity index (χ4n) is 1.87. The maximum atomic E-state index is 5.59. The first-order valence-corrected chi connectivity index (χ1v) is 6.23. The van der Waals surface area contributed by atoms with Crippen molar-refractivity contribution in [1.29, 1.82) is 0 Å². The van der Waals surface area contributed by atoms with Gasteiger partial charge in [-0.1, -0.05) is 30.3 Å². The van der Waals surface area contributed by atoms with Crippen LogP contribution in [0.25, 0.3) is 0 Å². The van der Waals surface area contributed by atoms with Gasteiger partial charge in [0.15, 0.2) is 0 Å². The molecule has 3 nitrogen and oxygen atoms in total. The van der Waals surface area contributed by atoms with E-state index < -0.39 is 0 Å². The lowest BCUT2D eigenvalue weighted by Crippen LogP contribution is -2.51. The van der Waals surface area contributed by atoms with E-state index in [1.165, 1.54) is 5.56 Å². The van der Waals surface area contributed by atoms with Crippen LogP contribution in [0.5, 0.6) is 0 Å². The van der Waals surface area contributed by atoms with Crippen molar-refractivity contribution in [3.8, 4) is 0 Å². The number of nitrogens with zero attached hydrogens (tertiary/aromatic N) is 1. The highest BCUT2D eigenvalue weighted by molar-refractivity contribution is 5.14. The Morgan fingerprint density at radius 2 is 1.94 bits per heavy atom. The van der Waals surface area contributed by atoms with Crippen molar-refractivity contribution in [2.45, 2.75) is 32.6 Å². The predicted octanol–water partition coefficient (Wildman–Crippen LogP) is 2.27. The van der Waals surface area contributed by atoms with Crippen molar-refractivity contribution in [3.63, 3.8) is 0 Å². The second-order valence-electron chi connectivity index (χ2n) is 4.80. The topological polar surface area (TPSA) is 21.7 Å². The monoisotopic (exact) mass is 235 g/mol. The first-order valence-electron chi connectivity index (χ1n) is 6.23. The molecule has 3 heteroatoms. The third kappa shape index (κ3) is 4.11. The van der Waals surface area contributed by atoms with Gasteiger partial charge in [0.1, 0.15) is 6.79 Å². The average molecular weight is 235 g/mol. The summed E-state index contributed by atoms with van der Waals surface area (Å²) in [4.78, 5) is 2.38. The molecule has 0 unspecified atom stereocenters. The van der Waals surface area contributed by atoms with Crippen LogP contribution in [-0.4, -0.2) is 37.0 Å². The minimum atomic E-state index is 0.246. The maximum Gasteiger partial charge on any atom is 0.147 e. The van der Waals surface area contributed by atoms with E-state index in [9.17, 15) is 0 Å². The molecular formula is C14H21NO2. The van der Waals surface area contributed by atoms with E-state index in [4.69, 9.17) is 9.47 Å². The van der Waals surface area contributed by atoms with Crippen molar-refractivity contribution in [2.24, 2.45) is 0 Å². The molecule has 0 aliphatic carbocycles. The Bertz CT molecular complexity index is 320. The van der Waals surface area contributed by atoms with Crippen molar-refractivity contribution < 1.29 is 9.47 Å². The molecule has 0 amide bonds. The van der Waals surface area contributed by atoms with E-state index in [1.807, 2.05) is 13.8 Å². The lowest BCUT2D eigenvalue weighted by atomic mass is 10.1. The number of ether oxygens (including phenoxy) is 2. The van der Waals surface area contributed by atoms with Crippen LogP contribution in [0.15, 0.2) is 30.3 Å². The molecule has 0 bridgehead atoms. The van der Waals surface area contributed by atoms with E-state index in [-0.39, 0.29) is 6.10 Å². The molecule has 0 N–H and O–H groups in total. The molecule has 1 aromatic carbocycles. The van der Waals surface area contributed by atoms with Gasteiger partial charge in [0.05, 0.1) is 12.2 Å². The first kappa shape index (κ1) is 12.6. The van der Waals surface area contributed by atoms with Gasteiger partial charge >= 0.3 is 0 Å². The summed E-state index contributed by atoms with van der Waals surface area (Å²) in [5, 5.41) is 0. The van der Waals surface area contributed by atoms with Gasteiger partial charge in [-0.25, -0.2) is 0 Å². The number of benzene rings is 1. The molecule has 1 saturated heterocycles. The summed E-state index contributed by atoms with van der Waals surface area (Å²) in [5.74, 6) is 0. The fraction of sp³-hybridized carbons (Fsp3) is 0.571. The number of rotatable bonds is 6. The smallest absolute Gasteiger partial charge is 0.147 e. The average Bonchev–Trinajstić information content (AvgIpc) is 2.26. The van der Waals surface area contributed by atoms with Gasteiger partial charge in [-0.05, 0) is 19.4 Å². The SMILES string of the molecule is CC(C)OCOC1CN(Cc2ccccc2)C1. The van der Waals surface area contributed by atoms with Crippen molar-refractivity contribution in [1.82, 2.24) is 4.90 Å². The van der Waals surface area contributed by atoms with Crippen molar-refractivity contribution in [2.75, 3.05) is 19.9 Å². The normalized spacial score (nSPS) is 17.4. The fourth-order valence-corrected chi connectivity index (χ4v) is 1.87. The van der Waals surface area contributed by atoms with Crippen molar-refractivity contribution >= 4 is 0 Å². The standard InChI is InChI=1S/C14H21NO2/c1-12(2)16-11-17-14-9-15(10-14)8-13-6-4-3-5-7-13/h3-7,12,14H,8-11H2,1-2H3. The van der Waals surface area contributed by atoms with Crippen LogP contribution in [0, 0.1) is 0 Å². The highest BCUT2D eigenvalue weighted by atomic mass is 16.7. The first-order chi connectivity index (χ1) is 8.24. The molecule has 0 spiro atoms. The molecule has 2 rings (SSSR count). The van der Waals surface area contributed by atoms with Crippen LogP contribution in [0.4, 0.5) is 0 Å². The third-order valence-corrected chi connectivity index (χ3v) is 2.88. The molecule has 94 valence electrons. The largest absolute Gasteiger partial charge is 0.353 e. The predicted molar refractivity (Wildman–Crippen MR) is 67.7 cm³/mol. The zero-order chi connectivity index (χ0) is 12.1. The minimum absolute atomic E-state index is 0.246. The molecule has 1 fully saturated rings. The molecule has 0 saturated carbocycles. The van der Waals surface area contributed by atoms with Crippen LogP contribution in [0.3, 0.4) is 0 Å². The van der Waals surface area contributed by atoms with Gasteiger partial charge in [0, 0.05) is 19.6 Å². The van der Waals surface area contributed by atoms with Gasteiger partial charge in [0.25, 0.3) is 0 Å². The zero-order valence-corrected chi connectivity index (χ0v) is 10.6. The Balaban J connectivity index is 1.60. The van der Waals surface area contributed by atoms with Gasteiger partial charge in [-0.15, -0.1) is 0 Å². The Morgan fingerprint density at radius 1 is 1.24 bits per heavy atom. The second-order valence-corrected chi connectivity index (χ2v) is 4.80. The Kier molecular flexibility index (Phi) is 4.54. The third-order valence-electron chi connectivity index (χ3n) is 2.88. The van der Waals surface area contributed by atoms with Crippen molar-refractivity contribution in [3.05, 3.63) is 35.9 Å². The summed E-state index contributed by atoms with van der Waals surface area (Å²) in [6.07, 6.45) is 0.591. The Hall–Kier alpha value is -0.900. The summed E-state index contributed by atoms with van der Waals surface area (Å²) < 4.78 is 11.0. The lowest BCUT2D eigenvalue weighted by molar-refractivity contribution is -0.148. The quantitative estimate of drug-likeness (QED) is 0.706. The van der Waals surface area contributed by atoms with E-state index in [2.05, 4.69) is 35.2 Å². The van der Waals surface area contributed by atoms with E-state index in [0.29, 0.717) is 12.9 Å². The van der Waals surface area contributed by atoms with E-state index >= 15 is 0 Å².